The monoisotopic (exact) mass is 223 g/mol. The molecule has 1 aromatic rings. The standard InChI is InChI=1S/C12H14ClNO/c1-8(2)6-12(15)14-11-5-4-10(13)7-9(11)3/h4-7H,1-3H3,(H,14,15). The van der Waals surface area contributed by atoms with E-state index in [1.54, 1.807) is 18.2 Å². The van der Waals surface area contributed by atoms with Crippen LogP contribution in [0.2, 0.25) is 5.02 Å². The van der Waals surface area contributed by atoms with Crippen LogP contribution in [-0.4, -0.2) is 5.91 Å². The molecule has 0 unspecified atom stereocenters. The van der Waals surface area contributed by atoms with E-state index in [9.17, 15) is 4.79 Å². The van der Waals surface area contributed by atoms with E-state index in [4.69, 9.17) is 11.6 Å². The fraction of sp³-hybridized carbons (Fsp3) is 0.250. The molecule has 0 heterocycles. The molecule has 0 aliphatic rings. The molecule has 0 saturated heterocycles. The van der Waals surface area contributed by atoms with Crippen molar-refractivity contribution in [2.24, 2.45) is 0 Å². The van der Waals surface area contributed by atoms with Crippen molar-refractivity contribution >= 4 is 23.2 Å². The van der Waals surface area contributed by atoms with Gasteiger partial charge in [-0.3, -0.25) is 4.79 Å². The Morgan fingerprint density at radius 1 is 1.40 bits per heavy atom. The van der Waals surface area contributed by atoms with Gasteiger partial charge < -0.3 is 5.32 Å². The van der Waals surface area contributed by atoms with Crippen molar-refractivity contribution in [3.8, 4) is 0 Å². The molecule has 0 saturated carbocycles. The molecular weight excluding hydrogens is 210 g/mol. The number of halogens is 1. The van der Waals surface area contributed by atoms with Crippen LogP contribution in [0.5, 0.6) is 0 Å². The molecule has 15 heavy (non-hydrogen) atoms. The van der Waals surface area contributed by atoms with E-state index in [1.165, 1.54) is 0 Å². The fourth-order valence-electron chi connectivity index (χ4n) is 1.20. The Kier molecular flexibility index (Phi) is 3.92. The van der Waals surface area contributed by atoms with Crippen molar-refractivity contribution in [2.45, 2.75) is 20.8 Å². The van der Waals surface area contributed by atoms with Gasteiger partial charge in [-0.05, 0) is 44.5 Å². The van der Waals surface area contributed by atoms with E-state index in [2.05, 4.69) is 5.32 Å². The van der Waals surface area contributed by atoms with E-state index in [0.717, 1.165) is 16.8 Å². The summed E-state index contributed by atoms with van der Waals surface area (Å²) in [5, 5.41) is 3.47. The second-order valence-corrected chi connectivity index (χ2v) is 4.11. The summed E-state index contributed by atoms with van der Waals surface area (Å²) in [6, 6.07) is 5.38. The number of hydrogen-bond acceptors (Lipinski definition) is 1. The summed E-state index contributed by atoms with van der Waals surface area (Å²) in [4.78, 5) is 11.4. The lowest BCUT2D eigenvalue weighted by Crippen LogP contribution is -2.09. The number of hydrogen-bond donors (Lipinski definition) is 1. The highest BCUT2D eigenvalue weighted by Gasteiger charge is 2.02. The average molecular weight is 224 g/mol. The molecule has 80 valence electrons. The van der Waals surface area contributed by atoms with Crippen LogP contribution >= 0.6 is 11.6 Å². The van der Waals surface area contributed by atoms with Crippen LogP contribution in [0, 0.1) is 6.92 Å². The van der Waals surface area contributed by atoms with Crippen LogP contribution < -0.4 is 5.32 Å². The van der Waals surface area contributed by atoms with Gasteiger partial charge in [0.15, 0.2) is 0 Å². The van der Waals surface area contributed by atoms with Gasteiger partial charge in [0.05, 0.1) is 0 Å². The van der Waals surface area contributed by atoms with E-state index >= 15 is 0 Å². The first-order valence-corrected chi connectivity index (χ1v) is 5.09. The Morgan fingerprint density at radius 2 is 2.07 bits per heavy atom. The van der Waals surface area contributed by atoms with E-state index in [1.807, 2.05) is 26.8 Å². The summed E-state index contributed by atoms with van der Waals surface area (Å²) < 4.78 is 0. The largest absolute Gasteiger partial charge is 0.322 e. The number of carbonyl (C=O) groups is 1. The topological polar surface area (TPSA) is 29.1 Å². The first-order chi connectivity index (χ1) is 6.99. The highest BCUT2D eigenvalue weighted by molar-refractivity contribution is 6.30. The maximum absolute atomic E-state index is 11.4. The molecule has 2 nitrogen and oxygen atoms in total. The third-order valence-corrected chi connectivity index (χ3v) is 2.10. The number of anilines is 1. The van der Waals surface area contributed by atoms with Crippen molar-refractivity contribution in [1.29, 1.82) is 0 Å². The van der Waals surface area contributed by atoms with E-state index < -0.39 is 0 Å². The van der Waals surface area contributed by atoms with Crippen molar-refractivity contribution in [3.05, 3.63) is 40.4 Å². The molecule has 0 bridgehead atoms. The van der Waals surface area contributed by atoms with Crippen molar-refractivity contribution < 1.29 is 4.79 Å². The van der Waals surface area contributed by atoms with Crippen molar-refractivity contribution in [2.75, 3.05) is 5.32 Å². The quantitative estimate of drug-likeness (QED) is 0.764. The number of rotatable bonds is 2. The number of aryl methyl sites for hydroxylation is 1. The van der Waals surface area contributed by atoms with Crippen LogP contribution in [0.1, 0.15) is 19.4 Å². The minimum absolute atomic E-state index is 0.111. The zero-order valence-electron chi connectivity index (χ0n) is 9.10. The molecule has 1 rings (SSSR count). The van der Waals surface area contributed by atoms with Gasteiger partial charge in [0, 0.05) is 16.8 Å². The molecule has 0 aromatic heterocycles. The highest BCUT2D eigenvalue weighted by Crippen LogP contribution is 2.19. The zero-order valence-corrected chi connectivity index (χ0v) is 9.85. The number of allylic oxidation sites excluding steroid dienone is 1. The Bertz CT molecular complexity index is 406. The SMILES string of the molecule is CC(C)=CC(=O)Nc1ccc(Cl)cc1C. The number of amides is 1. The van der Waals surface area contributed by atoms with E-state index in [0.29, 0.717) is 5.02 Å². The fourth-order valence-corrected chi connectivity index (χ4v) is 1.42. The second-order valence-electron chi connectivity index (χ2n) is 3.67. The lowest BCUT2D eigenvalue weighted by molar-refractivity contribution is -0.111. The summed E-state index contributed by atoms with van der Waals surface area (Å²) in [6.45, 7) is 5.67. The van der Waals surface area contributed by atoms with Crippen molar-refractivity contribution in [1.82, 2.24) is 0 Å². The lowest BCUT2D eigenvalue weighted by atomic mass is 10.2. The normalized spacial score (nSPS) is 9.60. The molecular formula is C12H14ClNO. The zero-order chi connectivity index (χ0) is 11.4. The third-order valence-electron chi connectivity index (χ3n) is 1.87. The van der Waals surface area contributed by atoms with Crippen LogP contribution in [-0.2, 0) is 4.79 Å². The van der Waals surface area contributed by atoms with Gasteiger partial charge in [0.25, 0.3) is 0 Å². The Balaban J connectivity index is 2.82. The lowest BCUT2D eigenvalue weighted by Gasteiger charge is -2.06. The van der Waals surface area contributed by atoms with Crippen molar-refractivity contribution in [3.63, 3.8) is 0 Å². The summed E-state index contributed by atoms with van der Waals surface area (Å²) in [5.74, 6) is -0.111. The van der Waals surface area contributed by atoms with Gasteiger partial charge in [0.2, 0.25) is 5.91 Å². The second kappa shape index (κ2) is 4.99. The van der Waals surface area contributed by atoms with Crippen LogP contribution in [0.4, 0.5) is 5.69 Å². The molecule has 1 N–H and O–H groups in total. The smallest absolute Gasteiger partial charge is 0.248 e. The molecule has 1 aromatic carbocycles. The maximum Gasteiger partial charge on any atom is 0.248 e. The number of nitrogens with one attached hydrogen (secondary N) is 1. The van der Waals surface area contributed by atoms with Gasteiger partial charge in [-0.15, -0.1) is 0 Å². The summed E-state index contributed by atoms with van der Waals surface area (Å²) >= 11 is 5.81. The molecule has 0 aliphatic carbocycles. The van der Waals surface area contributed by atoms with Gasteiger partial charge in [-0.1, -0.05) is 17.2 Å². The predicted molar refractivity (Wildman–Crippen MR) is 64.2 cm³/mol. The van der Waals surface area contributed by atoms with Gasteiger partial charge >= 0.3 is 0 Å². The molecule has 0 fully saturated rings. The Hall–Kier alpha value is -1.28. The van der Waals surface area contributed by atoms with Gasteiger partial charge in [0.1, 0.15) is 0 Å². The first-order valence-electron chi connectivity index (χ1n) is 4.71. The average Bonchev–Trinajstić information content (AvgIpc) is 2.08. The summed E-state index contributed by atoms with van der Waals surface area (Å²) in [7, 11) is 0. The van der Waals surface area contributed by atoms with Gasteiger partial charge in [-0.25, -0.2) is 0 Å². The number of carbonyl (C=O) groups excluding carboxylic acids is 1. The molecule has 0 radical (unpaired) electrons. The van der Waals surface area contributed by atoms with Gasteiger partial charge in [-0.2, -0.15) is 0 Å². The van der Waals surface area contributed by atoms with Crippen LogP contribution in [0.25, 0.3) is 0 Å². The summed E-state index contributed by atoms with van der Waals surface area (Å²) in [5.41, 5.74) is 2.72. The predicted octanol–water partition coefficient (Wildman–Crippen LogP) is 3.55. The Labute approximate surface area is 94.9 Å². The highest BCUT2D eigenvalue weighted by atomic mass is 35.5. The first kappa shape index (κ1) is 11.8. The third kappa shape index (κ3) is 3.76. The minimum atomic E-state index is -0.111. The number of benzene rings is 1. The van der Waals surface area contributed by atoms with Crippen LogP contribution in [0.3, 0.4) is 0 Å². The Morgan fingerprint density at radius 3 is 2.60 bits per heavy atom. The molecule has 0 aliphatic heterocycles. The molecule has 0 atom stereocenters. The van der Waals surface area contributed by atoms with E-state index in [-0.39, 0.29) is 5.91 Å². The summed E-state index contributed by atoms with van der Waals surface area (Å²) in [6.07, 6.45) is 1.56. The molecule has 3 heteroatoms. The van der Waals surface area contributed by atoms with Crippen LogP contribution in [0.15, 0.2) is 29.8 Å². The molecule has 0 spiro atoms. The minimum Gasteiger partial charge on any atom is -0.322 e. The molecule has 1 amide bonds. The maximum atomic E-state index is 11.4.